The molecule has 0 aromatic rings. The van der Waals surface area contributed by atoms with Crippen LogP contribution in [-0.4, -0.2) is 16.6 Å². The zero-order valence-corrected chi connectivity index (χ0v) is 9.82. The van der Waals surface area contributed by atoms with Gasteiger partial charge < -0.3 is 4.12 Å². The molecular formula is C7H19OSi2. The molecule has 0 saturated heterocycles. The van der Waals surface area contributed by atoms with Crippen molar-refractivity contribution in [2.45, 2.75) is 38.8 Å². The van der Waals surface area contributed by atoms with Crippen molar-refractivity contribution in [3.63, 3.8) is 0 Å². The third-order valence-electron chi connectivity index (χ3n) is 1.18. The van der Waals surface area contributed by atoms with Crippen LogP contribution in [0.5, 0.6) is 0 Å². The fourth-order valence-corrected chi connectivity index (χ4v) is 7.92. The molecule has 0 fully saturated rings. The minimum Gasteiger partial charge on any atom is -0.456 e. The first-order valence-corrected chi connectivity index (χ1v) is 10.3. The van der Waals surface area contributed by atoms with Crippen LogP contribution in [0.1, 0.15) is 0 Å². The second-order valence-electron chi connectivity index (χ2n) is 4.22. The number of hydrogen-bond donors (Lipinski definition) is 0. The van der Waals surface area contributed by atoms with E-state index in [1.54, 1.807) is 0 Å². The average Bonchev–Trinajstić information content (AvgIpc) is 1.60. The predicted molar refractivity (Wildman–Crippen MR) is 52.1 cm³/mol. The van der Waals surface area contributed by atoms with Gasteiger partial charge in [-0.1, -0.05) is 6.92 Å². The van der Waals surface area contributed by atoms with Gasteiger partial charge in [0.1, 0.15) is 0 Å². The van der Waals surface area contributed by atoms with Crippen molar-refractivity contribution in [1.29, 1.82) is 0 Å². The van der Waals surface area contributed by atoms with Crippen LogP contribution in [0, 0.1) is 6.92 Å². The molecule has 0 bridgehead atoms. The fraction of sp³-hybridized carbons (Fsp3) is 0.857. The van der Waals surface area contributed by atoms with Gasteiger partial charge in [-0.3, -0.25) is 0 Å². The monoisotopic (exact) mass is 175 g/mol. The maximum absolute atomic E-state index is 5.99. The van der Waals surface area contributed by atoms with E-state index in [0.29, 0.717) is 0 Å². The molecule has 0 N–H and O–H groups in total. The highest BCUT2D eigenvalue weighted by atomic mass is 28.4. The Morgan fingerprint density at radius 2 is 1.50 bits per heavy atom. The minimum atomic E-state index is -1.36. The highest BCUT2D eigenvalue weighted by Crippen LogP contribution is 2.16. The SMILES string of the molecule is [CH2]C[Si](C)(C)O[Si](C)(C)C. The molecule has 0 unspecified atom stereocenters. The first-order chi connectivity index (χ1) is 4.27. The normalized spacial score (nSPS) is 13.8. The van der Waals surface area contributed by atoms with E-state index >= 15 is 0 Å². The molecule has 0 saturated carbocycles. The van der Waals surface area contributed by atoms with Crippen molar-refractivity contribution in [3.05, 3.63) is 6.92 Å². The van der Waals surface area contributed by atoms with Crippen LogP contribution in [0.15, 0.2) is 0 Å². The van der Waals surface area contributed by atoms with Gasteiger partial charge in [-0.2, -0.15) is 0 Å². The van der Waals surface area contributed by atoms with Crippen LogP contribution in [0.25, 0.3) is 0 Å². The summed E-state index contributed by atoms with van der Waals surface area (Å²) in [7, 11) is -2.65. The van der Waals surface area contributed by atoms with Gasteiger partial charge >= 0.3 is 0 Å². The molecule has 0 heterocycles. The van der Waals surface area contributed by atoms with Crippen molar-refractivity contribution in [3.8, 4) is 0 Å². The molecule has 0 rings (SSSR count). The molecule has 0 aliphatic carbocycles. The van der Waals surface area contributed by atoms with E-state index < -0.39 is 16.6 Å². The van der Waals surface area contributed by atoms with E-state index in [9.17, 15) is 0 Å². The van der Waals surface area contributed by atoms with Crippen molar-refractivity contribution < 1.29 is 4.12 Å². The zero-order chi connectivity index (χ0) is 8.41. The molecule has 0 aromatic carbocycles. The van der Waals surface area contributed by atoms with Gasteiger partial charge in [-0.15, -0.1) is 0 Å². The van der Waals surface area contributed by atoms with Crippen LogP contribution in [0.4, 0.5) is 0 Å². The molecule has 0 aliphatic rings. The Hall–Kier alpha value is 0.394. The number of rotatable bonds is 3. The van der Waals surface area contributed by atoms with Crippen LogP contribution >= 0.6 is 0 Å². The quantitative estimate of drug-likeness (QED) is 0.599. The summed E-state index contributed by atoms with van der Waals surface area (Å²) in [5, 5.41) is 0. The van der Waals surface area contributed by atoms with E-state index in [0.717, 1.165) is 6.04 Å². The number of hydrogen-bond acceptors (Lipinski definition) is 1. The van der Waals surface area contributed by atoms with Crippen molar-refractivity contribution in [2.24, 2.45) is 0 Å². The summed E-state index contributed by atoms with van der Waals surface area (Å²) in [5.74, 6) is 0. The van der Waals surface area contributed by atoms with E-state index in [-0.39, 0.29) is 0 Å². The van der Waals surface area contributed by atoms with Crippen molar-refractivity contribution >= 4 is 16.6 Å². The van der Waals surface area contributed by atoms with E-state index in [1.807, 2.05) is 0 Å². The Balaban J connectivity index is 3.89. The lowest BCUT2D eigenvalue weighted by molar-refractivity contribution is 0.553. The van der Waals surface area contributed by atoms with Gasteiger partial charge in [-0.05, 0) is 38.8 Å². The topological polar surface area (TPSA) is 9.23 Å². The maximum Gasteiger partial charge on any atom is 0.173 e. The van der Waals surface area contributed by atoms with Gasteiger partial charge in [0.2, 0.25) is 0 Å². The summed E-state index contributed by atoms with van der Waals surface area (Å²) in [5.41, 5.74) is 0. The van der Waals surface area contributed by atoms with Crippen LogP contribution in [0.2, 0.25) is 38.8 Å². The van der Waals surface area contributed by atoms with E-state index in [4.69, 9.17) is 4.12 Å². The Kier molecular flexibility index (Phi) is 3.32. The molecule has 0 amide bonds. The third kappa shape index (κ3) is 5.20. The van der Waals surface area contributed by atoms with Gasteiger partial charge in [0.15, 0.2) is 16.6 Å². The second kappa shape index (κ2) is 3.19. The summed E-state index contributed by atoms with van der Waals surface area (Å²) in [4.78, 5) is 0. The Labute approximate surface area is 67.1 Å². The average molecular weight is 175 g/mol. The second-order valence-corrected chi connectivity index (χ2v) is 13.3. The van der Waals surface area contributed by atoms with E-state index in [2.05, 4.69) is 39.7 Å². The third-order valence-corrected chi connectivity index (χ3v) is 7.05. The highest BCUT2D eigenvalue weighted by molar-refractivity contribution is 6.84. The first kappa shape index (κ1) is 10.4. The summed E-state index contributed by atoms with van der Waals surface area (Å²) < 4.78 is 5.99. The molecule has 3 heteroatoms. The van der Waals surface area contributed by atoms with Crippen LogP contribution in [0.3, 0.4) is 0 Å². The highest BCUT2D eigenvalue weighted by Gasteiger charge is 2.27. The molecule has 61 valence electrons. The first-order valence-electron chi connectivity index (χ1n) is 3.76. The fourth-order valence-electron chi connectivity index (χ4n) is 0.880. The smallest absolute Gasteiger partial charge is 0.173 e. The summed E-state index contributed by atoms with van der Waals surface area (Å²) >= 11 is 0. The lowest BCUT2D eigenvalue weighted by Gasteiger charge is -2.30. The predicted octanol–water partition coefficient (Wildman–Crippen LogP) is 2.88. The molecule has 1 radical (unpaired) electrons. The molecule has 0 aromatic heterocycles. The van der Waals surface area contributed by atoms with Gasteiger partial charge in [0.05, 0.1) is 0 Å². The summed E-state index contributed by atoms with van der Waals surface area (Å²) in [6.45, 7) is 15.1. The largest absolute Gasteiger partial charge is 0.456 e. The molecule has 1 nitrogen and oxygen atoms in total. The zero-order valence-electron chi connectivity index (χ0n) is 7.82. The molecule has 0 atom stereocenters. The molecule has 0 aliphatic heterocycles. The lowest BCUT2D eigenvalue weighted by Crippen LogP contribution is -2.41. The summed E-state index contributed by atoms with van der Waals surface area (Å²) in [6.07, 6.45) is 0. The van der Waals surface area contributed by atoms with Crippen molar-refractivity contribution in [1.82, 2.24) is 0 Å². The lowest BCUT2D eigenvalue weighted by atomic mass is 11.0. The molecule has 0 spiro atoms. The van der Waals surface area contributed by atoms with Gasteiger partial charge in [0.25, 0.3) is 0 Å². The van der Waals surface area contributed by atoms with Gasteiger partial charge in [-0.25, -0.2) is 0 Å². The minimum absolute atomic E-state index is 0.983. The standard InChI is InChI=1S/C7H19OSi2/c1-7-10(5,6)8-9(2,3)4/h1,7H2,2-6H3. The van der Waals surface area contributed by atoms with E-state index in [1.165, 1.54) is 0 Å². The van der Waals surface area contributed by atoms with Crippen molar-refractivity contribution in [2.75, 3.05) is 0 Å². The Morgan fingerprint density at radius 3 is 1.60 bits per heavy atom. The maximum atomic E-state index is 5.99. The van der Waals surface area contributed by atoms with Crippen LogP contribution in [-0.2, 0) is 4.12 Å². The van der Waals surface area contributed by atoms with Crippen LogP contribution < -0.4 is 0 Å². The van der Waals surface area contributed by atoms with Gasteiger partial charge in [0, 0.05) is 0 Å². The summed E-state index contributed by atoms with van der Waals surface area (Å²) in [6, 6.07) is 0.983. The Bertz CT molecular complexity index is 105. The Morgan fingerprint density at radius 1 is 1.10 bits per heavy atom. The molecular weight excluding hydrogens is 156 g/mol. The molecule has 10 heavy (non-hydrogen) atoms.